The number of rotatable bonds is 5. The van der Waals surface area contributed by atoms with Gasteiger partial charge in [0.15, 0.2) is 9.84 Å². The zero-order chi connectivity index (χ0) is 21.3. The van der Waals surface area contributed by atoms with Crippen LogP contribution in [0.4, 0.5) is 4.79 Å². The molecule has 1 aromatic rings. The van der Waals surface area contributed by atoms with E-state index in [1.54, 1.807) is 24.3 Å². The average Bonchev–Trinajstić information content (AvgIpc) is 2.69. The van der Waals surface area contributed by atoms with Crippen molar-refractivity contribution in [2.24, 2.45) is 5.92 Å². The van der Waals surface area contributed by atoms with Crippen molar-refractivity contribution in [3.8, 4) is 0 Å². The SMILES string of the molecule is O=C(NC1CCCCC1)c1ccc(S(=O)(=O)CC2CCNCC2)cc1.O=C(O)O. The molecule has 8 nitrogen and oxygen atoms in total. The second-order valence-electron chi connectivity index (χ2n) is 7.59. The number of hydrogen-bond donors (Lipinski definition) is 4. The molecule has 1 amide bonds. The van der Waals surface area contributed by atoms with Gasteiger partial charge in [0.05, 0.1) is 10.6 Å². The van der Waals surface area contributed by atoms with Gasteiger partial charge >= 0.3 is 6.16 Å². The summed E-state index contributed by atoms with van der Waals surface area (Å²) >= 11 is 0. The number of amides is 1. The van der Waals surface area contributed by atoms with E-state index in [0.29, 0.717) is 10.5 Å². The predicted molar refractivity (Wildman–Crippen MR) is 109 cm³/mol. The number of piperidine rings is 1. The molecule has 29 heavy (non-hydrogen) atoms. The molecule has 1 aliphatic heterocycles. The normalized spacial score (nSPS) is 18.3. The number of benzene rings is 1. The van der Waals surface area contributed by atoms with Gasteiger partial charge in [-0.05, 0) is 69.0 Å². The minimum absolute atomic E-state index is 0.103. The highest BCUT2D eigenvalue weighted by molar-refractivity contribution is 7.91. The van der Waals surface area contributed by atoms with Crippen LogP contribution in [-0.4, -0.2) is 55.6 Å². The Morgan fingerprint density at radius 1 is 0.966 bits per heavy atom. The van der Waals surface area contributed by atoms with Gasteiger partial charge in [-0.1, -0.05) is 19.3 Å². The molecule has 0 radical (unpaired) electrons. The highest BCUT2D eigenvalue weighted by Crippen LogP contribution is 2.21. The third-order valence-electron chi connectivity index (χ3n) is 5.33. The molecule has 1 heterocycles. The fourth-order valence-electron chi connectivity index (χ4n) is 3.78. The number of sulfone groups is 1. The van der Waals surface area contributed by atoms with Crippen molar-refractivity contribution in [3.63, 3.8) is 0 Å². The van der Waals surface area contributed by atoms with Crippen molar-refractivity contribution in [1.82, 2.24) is 10.6 Å². The van der Waals surface area contributed by atoms with E-state index in [0.717, 1.165) is 38.8 Å². The van der Waals surface area contributed by atoms with Crippen LogP contribution in [0.2, 0.25) is 0 Å². The Labute approximate surface area is 171 Å². The van der Waals surface area contributed by atoms with Gasteiger partial charge < -0.3 is 20.8 Å². The molecule has 3 rings (SSSR count). The summed E-state index contributed by atoms with van der Waals surface area (Å²) in [5.41, 5.74) is 0.534. The molecule has 2 fully saturated rings. The molecule has 0 atom stereocenters. The number of nitrogens with one attached hydrogen (secondary N) is 2. The Balaban J connectivity index is 0.000000687. The maximum atomic E-state index is 12.6. The van der Waals surface area contributed by atoms with E-state index < -0.39 is 16.0 Å². The largest absolute Gasteiger partial charge is 0.503 e. The van der Waals surface area contributed by atoms with Gasteiger partial charge in [-0.15, -0.1) is 0 Å². The van der Waals surface area contributed by atoms with Gasteiger partial charge in [0, 0.05) is 11.6 Å². The van der Waals surface area contributed by atoms with Crippen LogP contribution in [0.5, 0.6) is 0 Å². The summed E-state index contributed by atoms with van der Waals surface area (Å²) < 4.78 is 25.2. The lowest BCUT2D eigenvalue weighted by Crippen LogP contribution is -2.36. The number of hydrogen-bond acceptors (Lipinski definition) is 5. The Morgan fingerprint density at radius 3 is 2.07 bits per heavy atom. The van der Waals surface area contributed by atoms with Gasteiger partial charge in [-0.3, -0.25) is 4.79 Å². The van der Waals surface area contributed by atoms with Gasteiger partial charge in [0.1, 0.15) is 0 Å². The van der Waals surface area contributed by atoms with Crippen LogP contribution in [0.25, 0.3) is 0 Å². The van der Waals surface area contributed by atoms with Crippen molar-refractivity contribution in [1.29, 1.82) is 0 Å². The van der Waals surface area contributed by atoms with Crippen molar-refractivity contribution < 1.29 is 28.2 Å². The third-order valence-corrected chi connectivity index (χ3v) is 7.23. The summed E-state index contributed by atoms with van der Waals surface area (Å²) in [5, 5.41) is 20.3. The molecule has 0 unspecified atom stereocenters. The Morgan fingerprint density at radius 2 is 1.52 bits per heavy atom. The Bertz CT molecular complexity index is 763. The van der Waals surface area contributed by atoms with E-state index in [-0.39, 0.29) is 23.6 Å². The van der Waals surface area contributed by atoms with Gasteiger partial charge in [0.2, 0.25) is 0 Å². The van der Waals surface area contributed by atoms with Gasteiger partial charge in [0.25, 0.3) is 5.91 Å². The predicted octanol–water partition coefficient (Wildman–Crippen LogP) is 2.74. The van der Waals surface area contributed by atoms with E-state index in [4.69, 9.17) is 15.0 Å². The molecular weight excluding hydrogens is 396 g/mol. The topological polar surface area (TPSA) is 133 Å². The molecule has 1 saturated carbocycles. The first-order chi connectivity index (χ1) is 13.8. The van der Waals surface area contributed by atoms with Crippen LogP contribution in [0.3, 0.4) is 0 Å². The lowest BCUT2D eigenvalue weighted by molar-refractivity contribution is 0.0927. The summed E-state index contributed by atoms with van der Waals surface area (Å²) in [6.07, 6.45) is 5.62. The smallest absolute Gasteiger partial charge is 0.450 e. The minimum Gasteiger partial charge on any atom is -0.450 e. The fraction of sp³-hybridized carbons (Fsp3) is 0.600. The average molecular weight is 427 g/mol. The van der Waals surface area contributed by atoms with Crippen LogP contribution in [0.1, 0.15) is 55.3 Å². The first kappa shape index (κ1) is 23.2. The van der Waals surface area contributed by atoms with Crippen LogP contribution in [-0.2, 0) is 9.84 Å². The maximum absolute atomic E-state index is 12.6. The molecule has 4 N–H and O–H groups in total. The van der Waals surface area contributed by atoms with Crippen molar-refractivity contribution >= 4 is 21.9 Å². The van der Waals surface area contributed by atoms with Crippen LogP contribution in [0.15, 0.2) is 29.2 Å². The summed E-state index contributed by atoms with van der Waals surface area (Å²) in [4.78, 5) is 21.2. The summed E-state index contributed by atoms with van der Waals surface area (Å²) in [6.45, 7) is 1.78. The molecule has 0 aromatic heterocycles. The molecule has 0 spiro atoms. The van der Waals surface area contributed by atoms with Gasteiger partial charge in [-0.25, -0.2) is 13.2 Å². The molecule has 9 heteroatoms. The molecule has 162 valence electrons. The second-order valence-corrected chi connectivity index (χ2v) is 9.62. The quantitative estimate of drug-likeness (QED) is 0.569. The molecular formula is C20H30N2O6S. The van der Waals surface area contributed by atoms with Crippen LogP contribution < -0.4 is 10.6 Å². The highest BCUT2D eigenvalue weighted by atomic mass is 32.2. The maximum Gasteiger partial charge on any atom is 0.503 e. The molecule has 1 saturated heterocycles. The molecule has 2 aliphatic rings. The number of carbonyl (C=O) groups is 2. The van der Waals surface area contributed by atoms with Gasteiger partial charge in [-0.2, -0.15) is 0 Å². The lowest BCUT2D eigenvalue weighted by Gasteiger charge is -2.23. The number of carboxylic acid groups (broad SMARTS) is 2. The van der Waals surface area contributed by atoms with E-state index in [1.165, 1.54) is 19.3 Å². The Hall–Kier alpha value is -2.13. The zero-order valence-electron chi connectivity index (χ0n) is 16.5. The minimum atomic E-state index is -3.29. The van der Waals surface area contributed by atoms with E-state index in [1.807, 2.05) is 0 Å². The van der Waals surface area contributed by atoms with Crippen LogP contribution >= 0.6 is 0 Å². The fourth-order valence-corrected chi connectivity index (χ4v) is 5.48. The zero-order valence-corrected chi connectivity index (χ0v) is 17.3. The Kier molecular flexibility index (Phi) is 8.91. The first-order valence-corrected chi connectivity index (χ1v) is 11.7. The van der Waals surface area contributed by atoms with Crippen molar-refractivity contribution in [2.45, 2.75) is 55.9 Å². The molecule has 1 aliphatic carbocycles. The monoisotopic (exact) mass is 426 g/mol. The number of carbonyl (C=O) groups excluding carboxylic acids is 1. The summed E-state index contributed by atoms with van der Waals surface area (Å²) in [6, 6.07) is 6.67. The standard InChI is InChI=1S/C19H28N2O3S.CH2O3/c22-19(21-17-4-2-1-3-5-17)16-6-8-18(9-7-16)25(23,24)14-15-10-12-20-13-11-15;2-1(3)4/h6-9,15,17,20H,1-5,10-14H2,(H,21,22);(H2,2,3,4). The first-order valence-electron chi connectivity index (χ1n) is 10.0. The van der Waals surface area contributed by atoms with E-state index >= 15 is 0 Å². The lowest BCUT2D eigenvalue weighted by atomic mass is 9.95. The van der Waals surface area contributed by atoms with Crippen molar-refractivity contribution in [3.05, 3.63) is 29.8 Å². The summed E-state index contributed by atoms with van der Waals surface area (Å²) in [7, 11) is -3.29. The van der Waals surface area contributed by atoms with E-state index in [9.17, 15) is 13.2 Å². The third kappa shape index (κ3) is 8.02. The summed E-state index contributed by atoms with van der Waals surface area (Å²) in [5.74, 6) is 0.317. The van der Waals surface area contributed by atoms with E-state index in [2.05, 4.69) is 10.6 Å². The van der Waals surface area contributed by atoms with Crippen molar-refractivity contribution in [2.75, 3.05) is 18.8 Å². The molecule has 0 bridgehead atoms. The van der Waals surface area contributed by atoms with Crippen LogP contribution in [0, 0.1) is 5.92 Å². The molecule has 1 aromatic carbocycles. The second kappa shape index (κ2) is 11.2. The highest BCUT2D eigenvalue weighted by Gasteiger charge is 2.23.